The molecule has 0 aromatic heterocycles. The van der Waals surface area contributed by atoms with Crippen LogP contribution in [0.5, 0.6) is 0 Å². The average molecular weight is 393 g/mol. The Bertz CT molecular complexity index is 1040. The van der Waals surface area contributed by atoms with Gasteiger partial charge in [0, 0.05) is 36.3 Å². The van der Waals surface area contributed by atoms with Gasteiger partial charge in [0.1, 0.15) is 0 Å². The summed E-state index contributed by atoms with van der Waals surface area (Å²) >= 11 is 6.33. The molecule has 3 aliphatic heterocycles. The van der Waals surface area contributed by atoms with Crippen molar-refractivity contribution in [3.8, 4) is 0 Å². The molecule has 0 saturated carbocycles. The molecule has 6 nitrogen and oxygen atoms in total. The van der Waals surface area contributed by atoms with Gasteiger partial charge in [0.15, 0.2) is 5.72 Å². The van der Waals surface area contributed by atoms with E-state index in [4.69, 9.17) is 16.3 Å². The molecule has 0 bridgehead atoms. The van der Waals surface area contributed by atoms with Crippen LogP contribution in [-0.2, 0) is 19.6 Å². The molecule has 2 aromatic carbocycles. The van der Waals surface area contributed by atoms with Crippen LogP contribution in [0, 0.1) is 0 Å². The molecule has 3 aliphatic rings. The number of amides is 1. The van der Waals surface area contributed by atoms with Crippen LogP contribution < -0.4 is 0 Å². The summed E-state index contributed by atoms with van der Waals surface area (Å²) in [5.74, 6) is -0.0386. The van der Waals surface area contributed by atoms with Gasteiger partial charge in [0.2, 0.25) is 15.9 Å². The normalized spacial score (nSPS) is 28.7. The van der Waals surface area contributed by atoms with E-state index in [9.17, 15) is 13.2 Å². The lowest BCUT2D eigenvalue weighted by Crippen LogP contribution is -2.48. The summed E-state index contributed by atoms with van der Waals surface area (Å²) < 4.78 is 34.4. The largest absolute Gasteiger partial charge is 0.352 e. The number of fused-ring (bicyclic) bond motifs is 1. The van der Waals surface area contributed by atoms with Crippen molar-refractivity contribution in [1.29, 1.82) is 0 Å². The monoisotopic (exact) mass is 392 g/mol. The summed E-state index contributed by atoms with van der Waals surface area (Å²) in [5, 5.41) is 1.69. The van der Waals surface area contributed by atoms with Gasteiger partial charge in [0.25, 0.3) is 0 Å². The van der Waals surface area contributed by atoms with E-state index < -0.39 is 21.8 Å². The highest BCUT2D eigenvalue weighted by atomic mass is 35.5. The summed E-state index contributed by atoms with van der Waals surface area (Å²) in [4.78, 5) is 14.2. The highest BCUT2D eigenvalue weighted by molar-refractivity contribution is 7.89. The highest BCUT2D eigenvalue weighted by Crippen LogP contribution is 2.48. The first kappa shape index (κ1) is 16.5. The SMILES string of the molecule is O=C1C[C@H]2N(S(=O)(=O)c3cccc4cccc(Cl)c34)CC[C@]23OCCN13. The third-order valence-electron chi connectivity index (χ3n) is 5.75. The topological polar surface area (TPSA) is 66.9 Å². The number of carbonyl (C=O) groups excluding carboxylic acids is 1. The number of sulfonamides is 1. The number of halogens is 1. The van der Waals surface area contributed by atoms with Crippen molar-refractivity contribution >= 4 is 38.3 Å². The van der Waals surface area contributed by atoms with E-state index in [2.05, 4.69) is 0 Å². The Morgan fingerprint density at radius 3 is 2.73 bits per heavy atom. The van der Waals surface area contributed by atoms with E-state index >= 15 is 0 Å². The summed E-state index contributed by atoms with van der Waals surface area (Å²) in [5.41, 5.74) is -0.793. The van der Waals surface area contributed by atoms with Gasteiger partial charge in [-0.2, -0.15) is 4.31 Å². The zero-order valence-electron chi connectivity index (χ0n) is 13.9. The van der Waals surface area contributed by atoms with Crippen LogP contribution in [0.25, 0.3) is 10.8 Å². The molecule has 8 heteroatoms. The molecule has 0 N–H and O–H groups in total. The maximum Gasteiger partial charge on any atom is 0.244 e. The summed E-state index contributed by atoms with van der Waals surface area (Å²) in [7, 11) is -3.82. The third-order valence-corrected chi connectivity index (χ3v) is 8.02. The Morgan fingerprint density at radius 2 is 1.92 bits per heavy atom. The summed E-state index contributed by atoms with van der Waals surface area (Å²) in [6.07, 6.45) is 0.666. The molecule has 3 saturated heterocycles. The average Bonchev–Trinajstić information content (AvgIpc) is 3.26. The predicted octanol–water partition coefficient (Wildman–Crippen LogP) is 2.21. The van der Waals surface area contributed by atoms with Gasteiger partial charge < -0.3 is 9.64 Å². The van der Waals surface area contributed by atoms with Crippen molar-refractivity contribution in [1.82, 2.24) is 9.21 Å². The fraction of sp³-hybridized carbons (Fsp3) is 0.389. The van der Waals surface area contributed by atoms with Crippen molar-refractivity contribution in [2.24, 2.45) is 0 Å². The maximum atomic E-state index is 13.5. The first-order valence-corrected chi connectivity index (χ1v) is 10.4. The van der Waals surface area contributed by atoms with Gasteiger partial charge in [-0.25, -0.2) is 8.42 Å². The zero-order chi connectivity index (χ0) is 18.1. The maximum absolute atomic E-state index is 13.5. The predicted molar refractivity (Wildman–Crippen MR) is 96.3 cm³/mol. The van der Waals surface area contributed by atoms with E-state index in [-0.39, 0.29) is 17.2 Å². The lowest BCUT2D eigenvalue weighted by molar-refractivity contribution is -0.136. The van der Waals surface area contributed by atoms with Gasteiger partial charge in [-0.3, -0.25) is 4.79 Å². The molecule has 136 valence electrons. The lowest BCUT2D eigenvalue weighted by atomic mass is 10.1. The molecular formula is C18H17ClN2O4S. The Morgan fingerprint density at radius 1 is 1.15 bits per heavy atom. The molecule has 1 spiro atoms. The number of hydrogen-bond acceptors (Lipinski definition) is 4. The lowest BCUT2D eigenvalue weighted by Gasteiger charge is -2.31. The van der Waals surface area contributed by atoms with Crippen LogP contribution >= 0.6 is 11.6 Å². The first-order chi connectivity index (χ1) is 12.4. The van der Waals surface area contributed by atoms with Crippen LogP contribution in [0.1, 0.15) is 12.8 Å². The van der Waals surface area contributed by atoms with E-state index in [1.807, 2.05) is 12.1 Å². The Balaban J connectivity index is 1.65. The molecular weight excluding hydrogens is 376 g/mol. The zero-order valence-corrected chi connectivity index (χ0v) is 15.5. The number of hydrogen-bond donors (Lipinski definition) is 0. The summed E-state index contributed by atoms with van der Waals surface area (Å²) in [6.45, 7) is 1.32. The van der Waals surface area contributed by atoms with Gasteiger partial charge >= 0.3 is 0 Å². The van der Waals surface area contributed by atoms with E-state index in [0.717, 1.165) is 5.39 Å². The first-order valence-electron chi connectivity index (χ1n) is 8.59. The van der Waals surface area contributed by atoms with Gasteiger partial charge in [0.05, 0.1) is 17.5 Å². The second-order valence-corrected chi connectivity index (χ2v) is 9.18. The quantitative estimate of drug-likeness (QED) is 0.786. The second kappa shape index (κ2) is 5.42. The van der Waals surface area contributed by atoms with Crippen molar-refractivity contribution in [2.75, 3.05) is 19.7 Å². The Hall–Kier alpha value is -1.67. The molecule has 3 heterocycles. The van der Waals surface area contributed by atoms with Crippen molar-refractivity contribution < 1.29 is 17.9 Å². The molecule has 3 fully saturated rings. The minimum Gasteiger partial charge on any atom is -0.352 e. The number of nitrogens with zero attached hydrogens (tertiary/aromatic N) is 2. The smallest absolute Gasteiger partial charge is 0.244 e. The minimum absolute atomic E-state index is 0.0386. The molecule has 2 atom stereocenters. The minimum atomic E-state index is -3.82. The number of benzene rings is 2. The standard InChI is InChI=1S/C18H17ClN2O4S/c19-13-5-1-3-12-4-2-6-14(17(12)13)26(23,24)21-8-7-18-15(21)11-16(22)20(18)9-10-25-18/h1-6,15H,7-11H2/t15-,18+/m1/s1. The molecule has 0 radical (unpaired) electrons. The van der Waals surface area contributed by atoms with Crippen molar-refractivity contribution in [3.05, 3.63) is 41.4 Å². The van der Waals surface area contributed by atoms with Crippen molar-refractivity contribution in [3.63, 3.8) is 0 Å². The highest BCUT2D eigenvalue weighted by Gasteiger charge is 2.64. The van der Waals surface area contributed by atoms with Crippen molar-refractivity contribution in [2.45, 2.75) is 29.5 Å². The molecule has 26 heavy (non-hydrogen) atoms. The van der Waals surface area contributed by atoms with Crippen LogP contribution in [0.3, 0.4) is 0 Å². The van der Waals surface area contributed by atoms with Crippen LogP contribution in [-0.4, -0.2) is 55.0 Å². The number of carbonyl (C=O) groups is 1. The fourth-order valence-electron chi connectivity index (χ4n) is 4.65. The molecule has 0 unspecified atom stereocenters. The molecule has 1 amide bonds. The van der Waals surface area contributed by atoms with E-state index in [1.165, 1.54) is 4.31 Å². The second-order valence-electron chi connectivity index (χ2n) is 6.92. The fourth-order valence-corrected chi connectivity index (χ4v) is 6.88. The third kappa shape index (κ3) is 2.00. The molecule has 5 rings (SSSR count). The van der Waals surface area contributed by atoms with Crippen LogP contribution in [0.15, 0.2) is 41.3 Å². The van der Waals surface area contributed by atoms with E-state index in [1.54, 1.807) is 29.2 Å². The Kier molecular flexibility index (Phi) is 3.44. The Labute approximate surface area is 156 Å². The molecule has 0 aliphatic carbocycles. The van der Waals surface area contributed by atoms with Gasteiger partial charge in [-0.05, 0) is 17.5 Å². The molecule has 2 aromatic rings. The van der Waals surface area contributed by atoms with Crippen LogP contribution in [0.2, 0.25) is 5.02 Å². The summed E-state index contributed by atoms with van der Waals surface area (Å²) in [6, 6.07) is 9.98. The number of rotatable bonds is 2. The van der Waals surface area contributed by atoms with Crippen LogP contribution in [0.4, 0.5) is 0 Å². The van der Waals surface area contributed by atoms with Gasteiger partial charge in [-0.15, -0.1) is 0 Å². The van der Waals surface area contributed by atoms with Gasteiger partial charge in [-0.1, -0.05) is 35.9 Å². The number of ether oxygens (including phenoxy) is 1. The van der Waals surface area contributed by atoms with E-state index in [0.29, 0.717) is 36.5 Å².